The molecule has 0 saturated heterocycles. The smallest absolute Gasteiger partial charge is 0.224 e. The van der Waals surface area contributed by atoms with Crippen molar-refractivity contribution in [1.82, 2.24) is 5.32 Å². The molecule has 1 N–H and O–H groups in total. The van der Waals surface area contributed by atoms with E-state index in [9.17, 15) is 4.79 Å². The van der Waals surface area contributed by atoms with Crippen molar-refractivity contribution in [3.8, 4) is 5.75 Å². The predicted octanol–water partition coefficient (Wildman–Crippen LogP) is 3.86. The Bertz CT molecular complexity index is 772. The number of carbonyl (C=O) groups excluding carboxylic acids is 1. The molecule has 4 heteroatoms. The third-order valence-electron chi connectivity index (χ3n) is 3.77. The molecule has 4 nitrogen and oxygen atoms in total. The summed E-state index contributed by atoms with van der Waals surface area (Å²) in [5.74, 6) is 1.50. The van der Waals surface area contributed by atoms with Crippen LogP contribution in [-0.4, -0.2) is 13.0 Å². The van der Waals surface area contributed by atoms with Crippen molar-refractivity contribution in [1.29, 1.82) is 0 Å². The second-order valence-electron chi connectivity index (χ2n) is 5.50. The molecule has 0 radical (unpaired) electrons. The van der Waals surface area contributed by atoms with Crippen molar-refractivity contribution in [3.63, 3.8) is 0 Å². The Hall–Kier alpha value is -2.75. The van der Waals surface area contributed by atoms with E-state index in [1.54, 1.807) is 7.11 Å². The molecule has 0 fully saturated rings. The number of para-hydroxylation sites is 1. The average molecular weight is 309 g/mol. The van der Waals surface area contributed by atoms with Crippen LogP contribution in [-0.2, 0) is 11.2 Å². The maximum absolute atomic E-state index is 12.2. The van der Waals surface area contributed by atoms with E-state index in [-0.39, 0.29) is 11.9 Å². The van der Waals surface area contributed by atoms with Gasteiger partial charge in [0.25, 0.3) is 0 Å². The van der Waals surface area contributed by atoms with Crippen LogP contribution >= 0.6 is 0 Å². The number of fused-ring (bicyclic) bond motifs is 1. The van der Waals surface area contributed by atoms with Gasteiger partial charge in [-0.3, -0.25) is 4.79 Å². The highest BCUT2D eigenvalue weighted by molar-refractivity contribution is 5.80. The molecule has 23 heavy (non-hydrogen) atoms. The van der Waals surface area contributed by atoms with E-state index in [0.717, 1.165) is 28.0 Å². The van der Waals surface area contributed by atoms with Crippen LogP contribution < -0.4 is 10.1 Å². The molecule has 1 aromatic heterocycles. The minimum atomic E-state index is -0.173. The fraction of sp³-hybridized carbons (Fsp3) is 0.211. The molecule has 0 saturated carbocycles. The summed E-state index contributed by atoms with van der Waals surface area (Å²) in [6.45, 7) is 1.92. The number of benzene rings is 2. The molecule has 0 spiro atoms. The molecule has 2 aromatic carbocycles. The van der Waals surface area contributed by atoms with Crippen LogP contribution in [0.15, 0.2) is 59.0 Å². The second-order valence-corrected chi connectivity index (χ2v) is 5.50. The highest BCUT2D eigenvalue weighted by Gasteiger charge is 2.14. The molecule has 3 rings (SSSR count). The van der Waals surface area contributed by atoms with Gasteiger partial charge in [0.1, 0.15) is 17.1 Å². The van der Waals surface area contributed by atoms with Crippen LogP contribution in [0.3, 0.4) is 0 Å². The lowest BCUT2D eigenvalue weighted by molar-refractivity contribution is -0.121. The fourth-order valence-corrected chi connectivity index (χ4v) is 2.51. The zero-order chi connectivity index (χ0) is 16.2. The Morgan fingerprint density at radius 1 is 1.17 bits per heavy atom. The van der Waals surface area contributed by atoms with E-state index >= 15 is 0 Å². The lowest BCUT2D eigenvalue weighted by atomic mass is 10.1. The number of amides is 1. The SMILES string of the molecule is COc1ccc(CC(=O)N[C@H](C)c2cc3ccccc3o2)cc1. The van der Waals surface area contributed by atoms with Crippen LogP contribution in [0.2, 0.25) is 0 Å². The van der Waals surface area contributed by atoms with Crippen molar-refractivity contribution < 1.29 is 13.9 Å². The van der Waals surface area contributed by atoms with E-state index in [2.05, 4.69) is 5.32 Å². The first-order valence-corrected chi connectivity index (χ1v) is 7.56. The van der Waals surface area contributed by atoms with Gasteiger partial charge in [-0.2, -0.15) is 0 Å². The third kappa shape index (κ3) is 3.54. The number of ether oxygens (including phenoxy) is 1. The number of methoxy groups -OCH3 is 1. The maximum Gasteiger partial charge on any atom is 0.224 e. The highest BCUT2D eigenvalue weighted by Crippen LogP contribution is 2.23. The van der Waals surface area contributed by atoms with Gasteiger partial charge in [-0.1, -0.05) is 30.3 Å². The van der Waals surface area contributed by atoms with Crippen LogP contribution in [0, 0.1) is 0 Å². The highest BCUT2D eigenvalue weighted by atomic mass is 16.5. The van der Waals surface area contributed by atoms with Gasteiger partial charge >= 0.3 is 0 Å². The summed E-state index contributed by atoms with van der Waals surface area (Å²) in [7, 11) is 1.62. The van der Waals surface area contributed by atoms with Crippen molar-refractivity contribution in [2.75, 3.05) is 7.11 Å². The van der Waals surface area contributed by atoms with Gasteiger partial charge in [-0.05, 0) is 36.8 Å². The van der Waals surface area contributed by atoms with Crippen molar-refractivity contribution >= 4 is 16.9 Å². The summed E-state index contributed by atoms with van der Waals surface area (Å²) in [5.41, 5.74) is 1.78. The first-order chi connectivity index (χ1) is 11.2. The van der Waals surface area contributed by atoms with E-state index in [0.29, 0.717) is 6.42 Å². The van der Waals surface area contributed by atoms with Crippen LogP contribution in [0.1, 0.15) is 24.3 Å². The molecule has 1 atom stereocenters. The molecule has 0 aliphatic heterocycles. The number of hydrogen-bond donors (Lipinski definition) is 1. The standard InChI is InChI=1S/C19H19NO3/c1-13(18-12-15-5-3-4-6-17(15)23-18)20-19(21)11-14-7-9-16(22-2)10-8-14/h3-10,12-13H,11H2,1-2H3,(H,20,21)/t13-/m1/s1. The topological polar surface area (TPSA) is 51.5 Å². The number of rotatable bonds is 5. The minimum Gasteiger partial charge on any atom is -0.497 e. The number of hydrogen-bond acceptors (Lipinski definition) is 3. The van der Waals surface area contributed by atoms with Crippen LogP contribution in [0.25, 0.3) is 11.0 Å². The zero-order valence-electron chi connectivity index (χ0n) is 13.2. The van der Waals surface area contributed by atoms with E-state index in [1.807, 2.05) is 61.5 Å². The predicted molar refractivity (Wildman–Crippen MR) is 89.5 cm³/mol. The summed E-state index contributed by atoms with van der Waals surface area (Å²) in [6, 6.07) is 17.1. The molecular formula is C19H19NO3. The Morgan fingerprint density at radius 2 is 1.91 bits per heavy atom. The van der Waals surface area contributed by atoms with E-state index in [1.165, 1.54) is 0 Å². The number of nitrogens with one attached hydrogen (secondary N) is 1. The van der Waals surface area contributed by atoms with Gasteiger partial charge in [-0.15, -0.1) is 0 Å². The largest absolute Gasteiger partial charge is 0.497 e. The van der Waals surface area contributed by atoms with Crippen molar-refractivity contribution in [2.45, 2.75) is 19.4 Å². The summed E-state index contributed by atoms with van der Waals surface area (Å²) in [4.78, 5) is 12.2. The first-order valence-electron chi connectivity index (χ1n) is 7.56. The van der Waals surface area contributed by atoms with Crippen molar-refractivity contribution in [3.05, 3.63) is 65.9 Å². The van der Waals surface area contributed by atoms with Gasteiger partial charge in [0.05, 0.1) is 19.6 Å². The van der Waals surface area contributed by atoms with Gasteiger partial charge in [0, 0.05) is 5.39 Å². The Kier molecular flexibility index (Phi) is 4.33. The molecule has 1 heterocycles. The summed E-state index contributed by atoms with van der Waals surface area (Å²) in [6.07, 6.45) is 0.328. The third-order valence-corrected chi connectivity index (χ3v) is 3.77. The molecule has 0 bridgehead atoms. The van der Waals surface area contributed by atoms with Gasteiger partial charge in [-0.25, -0.2) is 0 Å². The first kappa shape index (κ1) is 15.2. The van der Waals surface area contributed by atoms with Crippen LogP contribution in [0.4, 0.5) is 0 Å². The molecule has 1 amide bonds. The molecule has 118 valence electrons. The van der Waals surface area contributed by atoms with Crippen LogP contribution in [0.5, 0.6) is 5.75 Å². The van der Waals surface area contributed by atoms with E-state index in [4.69, 9.17) is 9.15 Å². The lowest BCUT2D eigenvalue weighted by Gasteiger charge is -2.11. The fourth-order valence-electron chi connectivity index (χ4n) is 2.51. The average Bonchev–Trinajstić information content (AvgIpc) is 2.99. The molecule has 3 aromatic rings. The zero-order valence-corrected chi connectivity index (χ0v) is 13.2. The van der Waals surface area contributed by atoms with Gasteiger partial charge in [0.2, 0.25) is 5.91 Å². The molecular weight excluding hydrogens is 290 g/mol. The minimum absolute atomic E-state index is 0.0388. The molecule has 0 unspecified atom stereocenters. The van der Waals surface area contributed by atoms with Crippen molar-refractivity contribution in [2.24, 2.45) is 0 Å². The summed E-state index contributed by atoms with van der Waals surface area (Å²) in [5, 5.41) is 4.01. The van der Waals surface area contributed by atoms with Gasteiger partial charge in [0.15, 0.2) is 0 Å². The Labute approximate surface area is 135 Å². The van der Waals surface area contributed by atoms with E-state index < -0.39 is 0 Å². The Balaban J connectivity index is 1.64. The molecule has 0 aliphatic rings. The summed E-state index contributed by atoms with van der Waals surface area (Å²) >= 11 is 0. The Morgan fingerprint density at radius 3 is 2.61 bits per heavy atom. The summed E-state index contributed by atoms with van der Waals surface area (Å²) < 4.78 is 10.9. The normalized spacial score (nSPS) is 12.1. The number of furan rings is 1. The maximum atomic E-state index is 12.2. The second kappa shape index (κ2) is 6.57. The quantitative estimate of drug-likeness (QED) is 0.778. The monoisotopic (exact) mass is 309 g/mol. The number of carbonyl (C=O) groups is 1. The van der Waals surface area contributed by atoms with Gasteiger partial charge < -0.3 is 14.5 Å². The molecule has 0 aliphatic carbocycles. The lowest BCUT2D eigenvalue weighted by Crippen LogP contribution is -2.27.